The molecule has 0 aliphatic heterocycles. The van der Waals surface area contributed by atoms with Gasteiger partial charge in [-0.3, -0.25) is 4.79 Å². The topological polar surface area (TPSA) is 37.3 Å². The Hall–Kier alpha value is -1.57. The number of aliphatic carboxylic acids is 1. The lowest BCUT2D eigenvalue weighted by molar-refractivity contribution is -0.140. The van der Waals surface area contributed by atoms with Gasteiger partial charge in [0.2, 0.25) is 0 Å². The molecule has 0 aliphatic carbocycles. The molecule has 0 amide bonds. The summed E-state index contributed by atoms with van der Waals surface area (Å²) < 4.78 is 0. The van der Waals surface area contributed by atoms with Gasteiger partial charge in [-0.05, 0) is 43.9 Å². The number of carboxylic acids is 1. The molecule has 0 saturated carbocycles. The van der Waals surface area contributed by atoms with Crippen molar-refractivity contribution in [1.29, 1.82) is 0 Å². The molecule has 0 spiro atoms. The largest absolute Gasteiger partial charge is 0.481 e. The fourth-order valence-electron chi connectivity index (χ4n) is 1.89. The summed E-state index contributed by atoms with van der Waals surface area (Å²) in [4.78, 5) is 11.0. The minimum Gasteiger partial charge on any atom is -0.481 e. The first-order valence-electron chi connectivity index (χ1n) is 5.88. The molecule has 92 valence electrons. The molecule has 0 unspecified atom stereocenters. The summed E-state index contributed by atoms with van der Waals surface area (Å²) in [5.74, 6) is -1.09. The molecule has 1 atom stereocenters. The predicted molar refractivity (Wildman–Crippen MR) is 70.9 cm³/mol. The number of rotatable bonds is 4. The highest BCUT2D eigenvalue weighted by Gasteiger charge is 2.16. The van der Waals surface area contributed by atoms with Crippen LogP contribution in [0.25, 0.3) is 5.57 Å². The molecule has 2 nitrogen and oxygen atoms in total. The van der Waals surface area contributed by atoms with E-state index in [4.69, 9.17) is 5.11 Å². The van der Waals surface area contributed by atoms with Crippen molar-refractivity contribution >= 4 is 11.5 Å². The second-order valence-corrected chi connectivity index (χ2v) is 4.74. The maximum atomic E-state index is 11.0. The summed E-state index contributed by atoms with van der Waals surface area (Å²) >= 11 is 0. The van der Waals surface area contributed by atoms with Gasteiger partial charge in [-0.1, -0.05) is 36.8 Å². The number of aryl methyl sites for hydroxylation is 1. The zero-order chi connectivity index (χ0) is 13.0. The summed E-state index contributed by atoms with van der Waals surface area (Å²) in [6, 6.07) is 8.12. The van der Waals surface area contributed by atoms with Gasteiger partial charge in [-0.15, -0.1) is 0 Å². The van der Waals surface area contributed by atoms with Crippen LogP contribution in [0.2, 0.25) is 0 Å². The molecule has 17 heavy (non-hydrogen) atoms. The fraction of sp³-hybridized carbons (Fsp3) is 0.400. The van der Waals surface area contributed by atoms with E-state index in [0.717, 1.165) is 5.57 Å². The summed E-state index contributed by atoms with van der Waals surface area (Å²) in [6.07, 6.45) is 0.586. The third-order valence-electron chi connectivity index (χ3n) is 3.01. The van der Waals surface area contributed by atoms with E-state index in [1.165, 1.54) is 16.7 Å². The van der Waals surface area contributed by atoms with Crippen LogP contribution in [0.4, 0.5) is 0 Å². The van der Waals surface area contributed by atoms with Crippen LogP contribution in [-0.2, 0) is 4.79 Å². The lowest BCUT2D eigenvalue weighted by atomic mass is 9.90. The van der Waals surface area contributed by atoms with Crippen LogP contribution >= 0.6 is 0 Å². The minimum atomic E-state index is -0.739. The first-order valence-corrected chi connectivity index (χ1v) is 5.88. The Bertz CT molecular complexity index is 440. The molecule has 1 aromatic rings. The molecule has 0 aliphatic rings. The molecule has 0 heterocycles. The molecule has 0 bridgehead atoms. The van der Waals surface area contributed by atoms with E-state index in [1.807, 2.05) is 26.0 Å². The number of carbonyl (C=O) groups is 1. The second kappa shape index (κ2) is 5.67. The highest BCUT2D eigenvalue weighted by Crippen LogP contribution is 2.28. The minimum absolute atomic E-state index is 0.348. The van der Waals surface area contributed by atoms with Gasteiger partial charge in [-0.25, -0.2) is 0 Å². The maximum absolute atomic E-state index is 11.0. The van der Waals surface area contributed by atoms with Gasteiger partial charge in [0.15, 0.2) is 0 Å². The van der Waals surface area contributed by atoms with Crippen molar-refractivity contribution in [2.75, 3.05) is 0 Å². The summed E-state index contributed by atoms with van der Waals surface area (Å²) in [7, 11) is 0. The summed E-state index contributed by atoms with van der Waals surface area (Å²) in [6.45, 7) is 7.89. The van der Waals surface area contributed by atoms with Crippen molar-refractivity contribution in [2.45, 2.75) is 34.1 Å². The highest BCUT2D eigenvalue weighted by atomic mass is 16.4. The number of carboxylic acid groups (broad SMARTS) is 1. The number of allylic oxidation sites excluding steroid dienone is 2. The smallest absolute Gasteiger partial charge is 0.306 e. The Morgan fingerprint density at radius 2 is 1.88 bits per heavy atom. The highest BCUT2D eigenvalue weighted by molar-refractivity contribution is 5.76. The van der Waals surface area contributed by atoms with Gasteiger partial charge < -0.3 is 5.11 Å². The Labute approximate surface area is 103 Å². The monoisotopic (exact) mass is 232 g/mol. The third kappa shape index (κ3) is 3.45. The number of hydrogen-bond acceptors (Lipinski definition) is 1. The van der Waals surface area contributed by atoms with Crippen molar-refractivity contribution in [3.8, 4) is 0 Å². The zero-order valence-electron chi connectivity index (χ0n) is 10.9. The summed E-state index contributed by atoms with van der Waals surface area (Å²) in [5.41, 5.74) is 4.70. The van der Waals surface area contributed by atoms with Crippen molar-refractivity contribution < 1.29 is 9.90 Å². The molecule has 1 rings (SSSR count). The van der Waals surface area contributed by atoms with E-state index < -0.39 is 5.97 Å². The van der Waals surface area contributed by atoms with Crippen LogP contribution in [0.5, 0.6) is 0 Å². The van der Waals surface area contributed by atoms with Crippen molar-refractivity contribution in [3.05, 3.63) is 41.0 Å². The Morgan fingerprint density at radius 3 is 2.35 bits per heavy atom. The average Bonchev–Trinajstić information content (AvgIpc) is 2.26. The van der Waals surface area contributed by atoms with Gasteiger partial charge in [0.05, 0.1) is 5.92 Å². The summed E-state index contributed by atoms with van der Waals surface area (Å²) in [5, 5.41) is 9.01. The Morgan fingerprint density at radius 1 is 1.29 bits per heavy atom. The quantitative estimate of drug-likeness (QED) is 0.854. The van der Waals surface area contributed by atoms with Gasteiger partial charge in [0.25, 0.3) is 0 Å². The van der Waals surface area contributed by atoms with Gasteiger partial charge in [0.1, 0.15) is 0 Å². The van der Waals surface area contributed by atoms with Crippen LogP contribution in [0, 0.1) is 12.8 Å². The van der Waals surface area contributed by atoms with E-state index >= 15 is 0 Å². The van der Waals surface area contributed by atoms with E-state index in [2.05, 4.69) is 19.1 Å². The Kier molecular flexibility index (Phi) is 4.50. The molecule has 0 aromatic heterocycles. The fourth-order valence-corrected chi connectivity index (χ4v) is 1.89. The number of benzene rings is 1. The molecule has 1 aromatic carbocycles. The van der Waals surface area contributed by atoms with E-state index in [1.54, 1.807) is 6.92 Å². The van der Waals surface area contributed by atoms with Crippen LogP contribution in [0.15, 0.2) is 29.8 Å². The Balaban J connectivity index is 3.09. The lowest BCUT2D eigenvalue weighted by Crippen LogP contribution is -2.10. The average molecular weight is 232 g/mol. The second-order valence-electron chi connectivity index (χ2n) is 4.74. The van der Waals surface area contributed by atoms with Crippen molar-refractivity contribution in [3.63, 3.8) is 0 Å². The molecule has 1 N–H and O–H groups in total. The standard InChI is InChI=1S/C15H20O2/c1-10(2)14(9-12(4)15(16)17)13-8-6-5-7-11(13)3/h5-8,12H,9H2,1-4H3,(H,16,17)/t12-/m0/s1. The van der Waals surface area contributed by atoms with Gasteiger partial charge in [0, 0.05) is 0 Å². The predicted octanol–water partition coefficient (Wildman–Crippen LogP) is 3.90. The van der Waals surface area contributed by atoms with Crippen molar-refractivity contribution in [2.24, 2.45) is 5.92 Å². The maximum Gasteiger partial charge on any atom is 0.306 e. The molecular formula is C15H20O2. The van der Waals surface area contributed by atoms with Gasteiger partial charge in [-0.2, -0.15) is 0 Å². The van der Waals surface area contributed by atoms with Crippen LogP contribution in [0.3, 0.4) is 0 Å². The normalized spacial score (nSPS) is 12.0. The molecular weight excluding hydrogens is 212 g/mol. The molecule has 0 radical (unpaired) electrons. The number of hydrogen-bond donors (Lipinski definition) is 1. The van der Waals surface area contributed by atoms with Gasteiger partial charge >= 0.3 is 5.97 Å². The van der Waals surface area contributed by atoms with Crippen LogP contribution in [0.1, 0.15) is 38.3 Å². The lowest BCUT2D eigenvalue weighted by Gasteiger charge is -2.15. The first kappa shape index (κ1) is 13.5. The molecule has 0 saturated heterocycles. The van der Waals surface area contributed by atoms with E-state index in [-0.39, 0.29) is 5.92 Å². The molecule has 2 heteroatoms. The van der Waals surface area contributed by atoms with Crippen LogP contribution < -0.4 is 0 Å². The molecule has 0 fully saturated rings. The SMILES string of the molecule is CC(C)=C(C[C@H](C)C(=O)O)c1ccccc1C. The first-order chi connectivity index (χ1) is 7.93. The zero-order valence-corrected chi connectivity index (χ0v) is 10.9. The van der Waals surface area contributed by atoms with E-state index in [0.29, 0.717) is 6.42 Å². The van der Waals surface area contributed by atoms with Crippen LogP contribution in [-0.4, -0.2) is 11.1 Å². The third-order valence-corrected chi connectivity index (χ3v) is 3.01. The van der Waals surface area contributed by atoms with E-state index in [9.17, 15) is 4.79 Å². The van der Waals surface area contributed by atoms with Crippen molar-refractivity contribution in [1.82, 2.24) is 0 Å².